The molecule has 18 heavy (non-hydrogen) atoms. The number of nitrogen functional groups attached to an aromatic ring is 1. The number of anilines is 2. The van der Waals surface area contributed by atoms with Crippen molar-refractivity contribution in [3.63, 3.8) is 0 Å². The Bertz CT molecular complexity index is 584. The number of hydrogen-bond acceptors (Lipinski definition) is 2. The molecule has 0 aliphatic carbocycles. The quantitative estimate of drug-likeness (QED) is 0.623. The third-order valence-electron chi connectivity index (χ3n) is 2.34. The summed E-state index contributed by atoms with van der Waals surface area (Å²) in [4.78, 5) is 12.1. The summed E-state index contributed by atoms with van der Waals surface area (Å²) >= 11 is 7.99. The molecule has 2 rings (SSSR count). The van der Waals surface area contributed by atoms with Gasteiger partial charge in [0.1, 0.15) is 0 Å². The molecule has 0 unspecified atom stereocenters. The van der Waals surface area contributed by atoms with Gasteiger partial charge in [-0.2, -0.15) is 0 Å². The normalized spacial score (nSPS) is 10.1. The molecule has 3 N–H and O–H groups in total. The molecule has 0 heterocycles. The summed E-state index contributed by atoms with van der Waals surface area (Å²) in [7, 11) is 0. The summed E-state index contributed by atoms with van der Waals surface area (Å²) < 4.78 is 0.852. The predicted octanol–water partition coefficient (Wildman–Crippen LogP) is 3.78. The van der Waals surface area contributed by atoms with Crippen molar-refractivity contribution in [1.82, 2.24) is 0 Å². The first-order valence-electron chi connectivity index (χ1n) is 5.18. The lowest BCUT2D eigenvalue weighted by molar-refractivity contribution is 0.102. The Morgan fingerprint density at radius 2 is 1.83 bits per heavy atom. The zero-order chi connectivity index (χ0) is 13.1. The molecule has 0 saturated heterocycles. The third kappa shape index (κ3) is 3.14. The second kappa shape index (κ2) is 5.58. The smallest absolute Gasteiger partial charge is 0.256 e. The summed E-state index contributed by atoms with van der Waals surface area (Å²) in [6.45, 7) is 0. The molecule has 0 saturated carbocycles. The van der Waals surface area contributed by atoms with E-state index in [2.05, 4.69) is 27.9 Å². The lowest BCUT2D eigenvalue weighted by Gasteiger charge is -2.07. The van der Waals surface area contributed by atoms with Crippen LogP contribution in [0, 0.1) is 3.57 Å². The number of carbonyl (C=O) groups excluding carboxylic acids is 1. The highest BCUT2D eigenvalue weighted by molar-refractivity contribution is 14.1. The molecular formula is C13H10ClIN2O. The molecule has 5 heteroatoms. The van der Waals surface area contributed by atoms with Gasteiger partial charge in [0.15, 0.2) is 0 Å². The summed E-state index contributed by atoms with van der Waals surface area (Å²) in [6, 6.07) is 12.2. The average Bonchev–Trinajstić information content (AvgIpc) is 2.35. The van der Waals surface area contributed by atoms with Gasteiger partial charge in [-0.3, -0.25) is 4.79 Å². The van der Waals surface area contributed by atoms with Gasteiger partial charge in [0.25, 0.3) is 5.91 Å². The highest BCUT2D eigenvalue weighted by atomic mass is 127. The Morgan fingerprint density at radius 1 is 1.17 bits per heavy atom. The fourth-order valence-electron chi connectivity index (χ4n) is 1.44. The first kappa shape index (κ1) is 13.2. The highest BCUT2D eigenvalue weighted by Crippen LogP contribution is 2.19. The van der Waals surface area contributed by atoms with E-state index in [1.54, 1.807) is 42.5 Å². The van der Waals surface area contributed by atoms with E-state index >= 15 is 0 Å². The zero-order valence-electron chi connectivity index (χ0n) is 9.28. The zero-order valence-corrected chi connectivity index (χ0v) is 12.2. The van der Waals surface area contributed by atoms with Crippen molar-refractivity contribution >= 4 is 51.5 Å². The minimum atomic E-state index is -0.188. The average molecular weight is 373 g/mol. The van der Waals surface area contributed by atoms with Crippen molar-refractivity contribution in [2.24, 2.45) is 0 Å². The molecule has 0 radical (unpaired) electrons. The number of halogens is 2. The first-order chi connectivity index (χ1) is 8.56. The van der Waals surface area contributed by atoms with Gasteiger partial charge in [0.05, 0.1) is 5.56 Å². The van der Waals surface area contributed by atoms with Crippen LogP contribution >= 0.6 is 34.2 Å². The van der Waals surface area contributed by atoms with Crippen LogP contribution < -0.4 is 11.1 Å². The molecular weight excluding hydrogens is 363 g/mol. The van der Waals surface area contributed by atoms with E-state index in [0.717, 1.165) is 3.57 Å². The number of benzene rings is 2. The molecule has 0 atom stereocenters. The fraction of sp³-hybridized carbons (Fsp3) is 0. The van der Waals surface area contributed by atoms with E-state index in [0.29, 0.717) is 22.0 Å². The van der Waals surface area contributed by atoms with Crippen LogP contribution in [0.2, 0.25) is 5.02 Å². The summed E-state index contributed by atoms with van der Waals surface area (Å²) in [6.07, 6.45) is 0. The first-order valence-corrected chi connectivity index (χ1v) is 6.64. The van der Waals surface area contributed by atoms with Crippen LogP contribution in [0.25, 0.3) is 0 Å². The largest absolute Gasteiger partial charge is 0.399 e. The van der Waals surface area contributed by atoms with Gasteiger partial charge in [-0.15, -0.1) is 0 Å². The molecule has 0 bridgehead atoms. The minimum Gasteiger partial charge on any atom is -0.399 e. The summed E-state index contributed by atoms with van der Waals surface area (Å²) in [5.74, 6) is -0.188. The molecule has 1 amide bonds. The maximum Gasteiger partial charge on any atom is 0.256 e. The SMILES string of the molecule is Nc1ccc(NC(=O)c2cc(Cl)ccc2I)cc1. The Balaban J connectivity index is 2.21. The molecule has 2 aromatic carbocycles. The topological polar surface area (TPSA) is 55.1 Å². The van der Waals surface area contributed by atoms with Crippen LogP contribution in [0.1, 0.15) is 10.4 Å². The lowest BCUT2D eigenvalue weighted by atomic mass is 10.2. The highest BCUT2D eigenvalue weighted by Gasteiger charge is 2.10. The lowest BCUT2D eigenvalue weighted by Crippen LogP contribution is -2.13. The third-order valence-corrected chi connectivity index (χ3v) is 3.52. The van der Waals surface area contributed by atoms with Crippen molar-refractivity contribution < 1.29 is 4.79 Å². The van der Waals surface area contributed by atoms with E-state index in [4.69, 9.17) is 17.3 Å². The van der Waals surface area contributed by atoms with E-state index in [-0.39, 0.29) is 5.91 Å². The van der Waals surface area contributed by atoms with E-state index in [9.17, 15) is 4.79 Å². The van der Waals surface area contributed by atoms with Gasteiger partial charge in [0.2, 0.25) is 0 Å². The van der Waals surface area contributed by atoms with Crippen molar-refractivity contribution in [3.05, 3.63) is 56.6 Å². The second-order valence-corrected chi connectivity index (χ2v) is 5.30. The van der Waals surface area contributed by atoms with Gasteiger partial charge in [-0.05, 0) is 65.1 Å². The molecule has 0 aliphatic heterocycles. The van der Waals surface area contributed by atoms with Crippen LogP contribution in [-0.4, -0.2) is 5.91 Å². The Hall–Kier alpha value is -1.27. The number of nitrogens with two attached hydrogens (primary N) is 1. The van der Waals surface area contributed by atoms with Gasteiger partial charge < -0.3 is 11.1 Å². The van der Waals surface area contributed by atoms with Crippen LogP contribution in [0.15, 0.2) is 42.5 Å². The fourth-order valence-corrected chi connectivity index (χ4v) is 2.19. The molecule has 0 aliphatic rings. The van der Waals surface area contributed by atoms with Crippen LogP contribution in [0.5, 0.6) is 0 Å². The van der Waals surface area contributed by atoms with Crippen molar-refractivity contribution in [2.75, 3.05) is 11.1 Å². The van der Waals surface area contributed by atoms with E-state index in [1.807, 2.05) is 0 Å². The standard InChI is InChI=1S/C13H10ClIN2O/c14-8-1-6-12(15)11(7-8)13(18)17-10-4-2-9(16)3-5-10/h1-7H,16H2,(H,17,18). The molecule has 3 nitrogen and oxygen atoms in total. The van der Waals surface area contributed by atoms with Crippen molar-refractivity contribution in [2.45, 2.75) is 0 Å². The van der Waals surface area contributed by atoms with Crippen LogP contribution in [-0.2, 0) is 0 Å². The molecule has 0 aromatic heterocycles. The molecule has 92 valence electrons. The molecule has 0 spiro atoms. The van der Waals surface area contributed by atoms with Crippen LogP contribution in [0.3, 0.4) is 0 Å². The number of carbonyl (C=O) groups is 1. The minimum absolute atomic E-state index is 0.188. The van der Waals surface area contributed by atoms with Gasteiger partial charge in [-0.25, -0.2) is 0 Å². The monoisotopic (exact) mass is 372 g/mol. The van der Waals surface area contributed by atoms with Crippen LogP contribution in [0.4, 0.5) is 11.4 Å². The Labute approximate surface area is 123 Å². The van der Waals surface area contributed by atoms with Gasteiger partial charge in [-0.1, -0.05) is 11.6 Å². The van der Waals surface area contributed by atoms with Crippen molar-refractivity contribution in [1.29, 1.82) is 0 Å². The van der Waals surface area contributed by atoms with Gasteiger partial charge >= 0.3 is 0 Å². The maximum absolute atomic E-state index is 12.1. The Morgan fingerprint density at radius 3 is 2.50 bits per heavy atom. The second-order valence-electron chi connectivity index (χ2n) is 3.70. The molecule has 0 fully saturated rings. The number of nitrogens with one attached hydrogen (secondary N) is 1. The number of amides is 1. The summed E-state index contributed by atoms with van der Waals surface area (Å²) in [5, 5.41) is 3.34. The maximum atomic E-state index is 12.1. The van der Waals surface area contributed by atoms with Gasteiger partial charge in [0, 0.05) is 20.0 Å². The molecule has 2 aromatic rings. The number of hydrogen-bond donors (Lipinski definition) is 2. The number of rotatable bonds is 2. The van der Waals surface area contributed by atoms with E-state index < -0.39 is 0 Å². The van der Waals surface area contributed by atoms with Crippen molar-refractivity contribution in [3.8, 4) is 0 Å². The van der Waals surface area contributed by atoms with E-state index in [1.165, 1.54) is 0 Å². The summed E-state index contributed by atoms with van der Waals surface area (Å²) in [5.41, 5.74) is 7.49. The predicted molar refractivity (Wildman–Crippen MR) is 83.0 cm³/mol. The Kier molecular flexibility index (Phi) is 4.08.